The second-order valence-electron chi connectivity index (χ2n) is 5.03. The molecule has 0 nitrogen and oxygen atoms in total. The van der Waals surface area contributed by atoms with Crippen molar-refractivity contribution < 1.29 is 0 Å². The van der Waals surface area contributed by atoms with Crippen LogP contribution >= 0.6 is 12.6 Å². The van der Waals surface area contributed by atoms with Crippen LogP contribution in [0.2, 0.25) is 0 Å². The quantitative estimate of drug-likeness (QED) is 0.531. The lowest BCUT2D eigenvalue weighted by Crippen LogP contribution is -2.63. The fraction of sp³-hybridized carbons (Fsp3) is 1.00. The molecule has 0 heterocycles. The Morgan fingerprint density at radius 1 is 1.27 bits per heavy atom. The van der Waals surface area contributed by atoms with Gasteiger partial charge in [-0.25, -0.2) is 0 Å². The molecule has 11 heavy (non-hydrogen) atoms. The SMILES string of the molecule is CC1CCC2CC1(S)C2(C)C. The highest BCUT2D eigenvalue weighted by Gasteiger charge is 2.62. The van der Waals surface area contributed by atoms with Gasteiger partial charge in [-0.2, -0.15) is 12.6 Å². The van der Waals surface area contributed by atoms with Crippen LogP contribution in [0.4, 0.5) is 0 Å². The van der Waals surface area contributed by atoms with Crippen molar-refractivity contribution in [3.05, 3.63) is 0 Å². The molecule has 0 aromatic heterocycles. The average Bonchev–Trinajstić information content (AvgIpc) is 1.94. The summed E-state index contributed by atoms with van der Waals surface area (Å²) in [5.74, 6) is 1.79. The van der Waals surface area contributed by atoms with Gasteiger partial charge in [-0.15, -0.1) is 0 Å². The number of rotatable bonds is 0. The van der Waals surface area contributed by atoms with Crippen molar-refractivity contribution in [1.82, 2.24) is 0 Å². The Morgan fingerprint density at radius 3 is 2.27 bits per heavy atom. The van der Waals surface area contributed by atoms with Gasteiger partial charge in [0.2, 0.25) is 0 Å². The van der Waals surface area contributed by atoms with Gasteiger partial charge in [0.05, 0.1) is 0 Å². The molecular weight excluding hydrogens is 152 g/mol. The van der Waals surface area contributed by atoms with Gasteiger partial charge in [0, 0.05) is 4.75 Å². The van der Waals surface area contributed by atoms with Crippen LogP contribution in [0.1, 0.15) is 40.0 Å². The average molecular weight is 170 g/mol. The van der Waals surface area contributed by atoms with Gasteiger partial charge in [0.1, 0.15) is 0 Å². The Balaban J connectivity index is 2.28. The molecule has 1 heteroatoms. The van der Waals surface area contributed by atoms with Crippen LogP contribution in [0.5, 0.6) is 0 Å². The molecule has 3 atom stereocenters. The fourth-order valence-electron chi connectivity index (χ4n) is 3.11. The van der Waals surface area contributed by atoms with Gasteiger partial charge in [0.15, 0.2) is 0 Å². The Kier molecular flexibility index (Phi) is 1.44. The summed E-state index contributed by atoms with van der Waals surface area (Å²) in [6.07, 6.45) is 4.21. The monoisotopic (exact) mass is 170 g/mol. The fourth-order valence-corrected chi connectivity index (χ4v) is 3.64. The minimum absolute atomic E-state index is 0.371. The van der Waals surface area contributed by atoms with Crippen LogP contribution < -0.4 is 0 Å². The molecule has 0 radical (unpaired) electrons. The van der Waals surface area contributed by atoms with Gasteiger partial charge in [-0.05, 0) is 36.5 Å². The lowest BCUT2D eigenvalue weighted by Gasteiger charge is -2.66. The molecule has 3 saturated carbocycles. The van der Waals surface area contributed by atoms with Crippen LogP contribution in [-0.2, 0) is 0 Å². The summed E-state index contributed by atoms with van der Waals surface area (Å²) in [5.41, 5.74) is 0.508. The highest BCUT2D eigenvalue weighted by atomic mass is 32.1. The Hall–Kier alpha value is 0.350. The highest BCUT2D eigenvalue weighted by molar-refractivity contribution is 7.82. The van der Waals surface area contributed by atoms with Crippen molar-refractivity contribution in [3.63, 3.8) is 0 Å². The molecule has 0 spiro atoms. The van der Waals surface area contributed by atoms with Crippen LogP contribution in [0, 0.1) is 17.3 Å². The van der Waals surface area contributed by atoms with E-state index >= 15 is 0 Å². The standard InChI is InChI=1S/C10H18S/c1-7-4-5-8-6-10(7,11)9(8,2)3/h7-8,11H,4-6H2,1-3H3. The molecule has 0 aliphatic heterocycles. The number of hydrogen-bond donors (Lipinski definition) is 1. The van der Waals surface area contributed by atoms with Gasteiger partial charge >= 0.3 is 0 Å². The third-order valence-corrected chi connectivity index (χ3v) is 5.66. The van der Waals surface area contributed by atoms with Crippen molar-refractivity contribution in [2.45, 2.75) is 44.8 Å². The third kappa shape index (κ3) is 0.734. The molecule has 64 valence electrons. The summed E-state index contributed by atoms with van der Waals surface area (Å²) in [6, 6.07) is 0. The maximum Gasteiger partial charge on any atom is 0.0211 e. The maximum atomic E-state index is 4.86. The predicted molar refractivity (Wildman–Crippen MR) is 52.0 cm³/mol. The van der Waals surface area contributed by atoms with Crippen molar-refractivity contribution in [2.24, 2.45) is 17.3 Å². The van der Waals surface area contributed by atoms with E-state index in [-0.39, 0.29) is 0 Å². The van der Waals surface area contributed by atoms with Gasteiger partial charge in [-0.1, -0.05) is 20.8 Å². The van der Waals surface area contributed by atoms with E-state index in [0.717, 1.165) is 11.8 Å². The van der Waals surface area contributed by atoms with Crippen LogP contribution in [0.25, 0.3) is 0 Å². The van der Waals surface area contributed by atoms with E-state index in [2.05, 4.69) is 20.8 Å². The number of hydrogen-bond acceptors (Lipinski definition) is 1. The molecule has 3 fully saturated rings. The van der Waals surface area contributed by atoms with Crippen LogP contribution in [-0.4, -0.2) is 4.75 Å². The summed E-state index contributed by atoms with van der Waals surface area (Å²) in [5, 5.41) is 0. The molecule has 3 aliphatic carbocycles. The maximum absolute atomic E-state index is 4.86. The first-order valence-electron chi connectivity index (χ1n) is 4.71. The Morgan fingerprint density at radius 2 is 1.91 bits per heavy atom. The second-order valence-corrected chi connectivity index (χ2v) is 5.82. The van der Waals surface area contributed by atoms with Gasteiger partial charge < -0.3 is 0 Å². The first kappa shape index (κ1) is 7.97. The first-order chi connectivity index (χ1) is 4.98. The van der Waals surface area contributed by atoms with Gasteiger partial charge in [-0.3, -0.25) is 0 Å². The summed E-state index contributed by atoms with van der Waals surface area (Å²) >= 11 is 4.86. The van der Waals surface area contributed by atoms with Crippen molar-refractivity contribution in [1.29, 1.82) is 0 Å². The number of thiol groups is 1. The van der Waals surface area contributed by atoms with E-state index in [9.17, 15) is 0 Å². The normalized spacial score (nSPS) is 53.5. The molecule has 3 aliphatic rings. The molecule has 3 rings (SSSR count). The molecule has 0 amide bonds. The molecule has 3 unspecified atom stereocenters. The van der Waals surface area contributed by atoms with Crippen LogP contribution in [0.15, 0.2) is 0 Å². The van der Waals surface area contributed by atoms with E-state index in [1.807, 2.05) is 0 Å². The molecule has 0 saturated heterocycles. The van der Waals surface area contributed by atoms with E-state index in [1.54, 1.807) is 0 Å². The highest BCUT2D eigenvalue weighted by Crippen LogP contribution is 2.67. The lowest BCUT2D eigenvalue weighted by molar-refractivity contribution is -0.0675. The second kappa shape index (κ2) is 1.99. The molecule has 2 bridgehead atoms. The lowest BCUT2D eigenvalue weighted by atomic mass is 9.45. The predicted octanol–water partition coefficient (Wildman–Crippen LogP) is 3.13. The van der Waals surface area contributed by atoms with Gasteiger partial charge in [0.25, 0.3) is 0 Å². The van der Waals surface area contributed by atoms with E-state index in [0.29, 0.717) is 10.2 Å². The summed E-state index contributed by atoms with van der Waals surface area (Å²) in [7, 11) is 0. The topological polar surface area (TPSA) is 0 Å². The zero-order valence-electron chi connectivity index (χ0n) is 7.72. The zero-order valence-corrected chi connectivity index (χ0v) is 8.62. The Labute approximate surface area is 75.2 Å². The van der Waals surface area contributed by atoms with E-state index in [4.69, 9.17) is 12.6 Å². The first-order valence-corrected chi connectivity index (χ1v) is 5.15. The molecule has 0 aromatic carbocycles. The Bertz CT molecular complexity index is 185. The summed E-state index contributed by atoms with van der Waals surface area (Å²) in [6.45, 7) is 7.15. The zero-order chi connectivity index (χ0) is 8.28. The van der Waals surface area contributed by atoms with E-state index in [1.165, 1.54) is 19.3 Å². The summed E-state index contributed by atoms with van der Waals surface area (Å²) in [4.78, 5) is 0. The van der Waals surface area contributed by atoms with Crippen LogP contribution in [0.3, 0.4) is 0 Å². The number of fused-ring (bicyclic) bond motifs is 2. The molecule has 0 aromatic rings. The summed E-state index contributed by atoms with van der Waals surface area (Å²) < 4.78 is 0.371. The minimum atomic E-state index is 0.371. The largest absolute Gasteiger partial charge is 0.172 e. The molecular formula is C10H18S. The smallest absolute Gasteiger partial charge is 0.0211 e. The molecule has 0 N–H and O–H groups in total. The van der Waals surface area contributed by atoms with E-state index < -0.39 is 0 Å². The minimum Gasteiger partial charge on any atom is -0.172 e. The van der Waals surface area contributed by atoms with Crippen molar-refractivity contribution in [3.8, 4) is 0 Å². The van der Waals surface area contributed by atoms with Crippen molar-refractivity contribution in [2.75, 3.05) is 0 Å². The third-order valence-electron chi connectivity index (χ3n) is 4.46. The van der Waals surface area contributed by atoms with Crippen molar-refractivity contribution >= 4 is 12.6 Å².